The molecule has 0 saturated carbocycles. The monoisotopic (exact) mass is 271 g/mol. The highest BCUT2D eigenvalue weighted by molar-refractivity contribution is 5.50. The first-order chi connectivity index (χ1) is 9.72. The van der Waals surface area contributed by atoms with Crippen LogP contribution in [0.15, 0.2) is 30.6 Å². The minimum atomic E-state index is 0.305. The molecule has 104 valence electrons. The Bertz CT molecular complexity index is 638. The molecule has 0 bridgehead atoms. The topological polar surface area (TPSA) is 62.3 Å². The van der Waals surface area contributed by atoms with Crippen molar-refractivity contribution in [2.24, 2.45) is 12.8 Å². The summed E-state index contributed by atoms with van der Waals surface area (Å²) in [5, 5.41) is 4.10. The molecule has 0 amide bonds. The van der Waals surface area contributed by atoms with Gasteiger partial charge in [0.05, 0.1) is 25.4 Å². The van der Waals surface area contributed by atoms with Gasteiger partial charge in [0.2, 0.25) is 0 Å². The summed E-state index contributed by atoms with van der Waals surface area (Å²) in [7, 11) is 3.49. The summed E-state index contributed by atoms with van der Waals surface area (Å²) < 4.78 is 12.7. The molecular weight excluding hydrogens is 254 g/mol. The molecule has 0 aliphatic carbocycles. The lowest BCUT2D eigenvalue weighted by atomic mass is 10.2. The quantitative estimate of drug-likeness (QED) is 0.852. The minimum Gasteiger partial charge on any atom is -0.497 e. The Morgan fingerprint density at radius 1 is 1.40 bits per heavy atom. The number of nitrogens with two attached hydrogens (primary N) is 1. The van der Waals surface area contributed by atoms with Crippen LogP contribution in [-0.4, -0.2) is 23.4 Å². The third-order valence-corrected chi connectivity index (χ3v) is 2.66. The molecule has 1 heterocycles. The lowest BCUT2D eigenvalue weighted by Gasteiger charge is -2.08. The van der Waals surface area contributed by atoms with Gasteiger partial charge >= 0.3 is 0 Å². The average molecular weight is 271 g/mol. The van der Waals surface area contributed by atoms with Crippen molar-refractivity contribution < 1.29 is 9.47 Å². The van der Waals surface area contributed by atoms with Crippen LogP contribution in [0.25, 0.3) is 0 Å². The van der Waals surface area contributed by atoms with Gasteiger partial charge in [0.1, 0.15) is 18.1 Å². The Balaban J connectivity index is 2.17. The molecule has 0 saturated heterocycles. The lowest BCUT2D eigenvalue weighted by Crippen LogP contribution is -1.98. The van der Waals surface area contributed by atoms with Crippen molar-refractivity contribution in [1.29, 1.82) is 0 Å². The van der Waals surface area contributed by atoms with E-state index in [2.05, 4.69) is 16.9 Å². The fraction of sp³-hybridized carbons (Fsp3) is 0.267. The molecule has 1 aromatic carbocycles. The first-order valence-corrected chi connectivity index (χ1v) is 6.20. The highest BCUT2D eigenvalue weighted by Crippen LogP contribution is 2.24. The van der Waals surface area contributed by atoms with Crippen LogP contribution in [0.5, 0.6) is 11.5 Å². The summed E-state index contributed by atoms with van der Waals surface area (Å²) in [5.74, 6) is 7.25. The fourth-order valence-corrected chi connectivity index (χ4v) is 1.71. The van der Waals surface area contributed by atoms with E-state index in [-0.39, 0.29) is 0 Å². The van der Waals surface area contributed by atoms with E-state index in [0.717, 1.165) is 16.9 Å². The Labute approximate surface area is 118 Å². The van der Waals surface area contributed by atoms with E-state index < -0.39 is 0 Å². The van der Waals surface area contributed by atoms with E-state index >= 15 is 0 Å². The zero-order chi connectivity index (χ0) is 14.4. The first kappa shape index (κ1) is 14.0. The third-order valence-electron chi connectivity index (χ3n) is 2.66. The van der Waals surface area contributed by atoms with Crippen LogP contribution < -0.4 is 15.2 Å². The Morgan fingerprint density at radius 3 is 2.90 bits per heavy atom. The first-order valence-electron chi connectivity index (χ1n) is 6.20. The van der Waals surface area contributed by atoms with Crippen LogP contribution in [0.4, 0.5) is 0 Å². The van der Waals surface area contributed by atoms with Gasteiger partial charge in [-0.1, -0.05) is 11.8 Å². The number of ether oxygens (including phenoxy) is 2. The molecule has 0 fully saturated rings. The standard InChI is InChI=1S/C15H17N3O2/c1-18-10-12(9-17-18)11-20-15-6-5-14(19-2)8-13(15)4-3-7-16/h5-6,8-10H,7,11,16H2,1-2H3. The summed E-state index contributed by atoms with van der Waals surface area (Å²) in [6.45, 7) is 0.747. The van der Waals surface area contributed by atoms with Crippen LogP contribution in [-0.2, 0) is 13.7 Å². The molecule has 2 rings (SSSR count). The SMILES string of the molecule is COc1ccc(OCc2cnn(C)c2)c(C#CCN)c1. The second-order valence-corrected chi connectivity index (χ2v) is 4.18. The maximum absolute atomic E-state index is 5.78. The van der Waals surface area contributed by atoms with Gasteiger partial charge in [-0.25, -0.2) is 0 Å². The van der Waals surface area contributed by atoms with Crippen molar-refractivity contribution in [3.63, 3.8) is 0 Å². The summed E-state index contributed by atoms with van der Waals surface area (Å²) in [5.41, 5.74) is 7.17. The van der Waals surface area contributed by atoms with Crippen LogP contribution in [0.1, 0.15) is 11.1 Å². The fourth-order valence-electron chi connectivity index (χ4n) is 1.71. The predicted octanol–water partition coefficient (Wildman–Crippen LogP) is 1.32. The predicted molar refractivity (Wildman–Crippen MR) is 76.5 cm³/mol. The van der Waals surface area contributed by atoms with E-state index in [4.69, 9.17) is 15.2 Å². The van der Waals surface area contributed by atoms with Gasteiger partial charge in [0.25, 0.3) is 0 Å². The molecule has 2 N–H and O–H groups in total. The van der Waals surface area contributed by atoms with Crippen LogP contribution in [0.3, 0.4) is 0 Å². The van der Waals surface area contributed by atoms with Crippen molar-refractivity contribution in [1.82, 2.24) is 9.78 Å². The van der Waals surface area contributed by atoms with Crippen molar-refractivity contribution in [2.45, 2.75) is 6.61 Å². The normalized spacial score (nSPS) is 9.75. The molecule has 2 aromatic rings. The van der Waals surface area contributed by atoms with Crippen LogP contribution in [0, 0.1) is 11.8 Å². The third kappa shape index (κ3) is 3.53. The molecule has 1 aromatic heterocycles. The van der Waals surface area contributed by atoms with Gasteiger partial charge in [0.15, 0.2) is 0 Å². The smallest absolute Gasteiger partial charge is 0.135 e. The molecule has 0 unspecified atom stereocenters. The van der Waals surface area contributed by atoms with Gasteiger partial charge in [0, 0.05) is 18.8 Å². The molecular formula is C15H17N3O2. The molecule has 0 spiro atoms. The summed E-state index contributed by atoms with van der Waals surface area (Å²) in [6.07, 6.45) is 3.68. The van der Waals surface area contributed by atoms with Crippen LogP contribution in [0.2, 0.25) is 0 Å². The van der Waals surface area contributed by atoms with E-state index in [0.29, 0.717) is 18.9 Å². The number of nitrogens with zero attached hydrogens (tertiary/aromatic N) is 2. The number of aryl methyl sites for hydroxylation is 1. The molecule has 0 atom stereocenters. The molecule has 0 aliphatic rings. The largest absolute Gasteiger partial charge is 0.497 e. The molecule has 20 heavy (non-hydrogen) atoms. The Morgan fingerprint density at radius 2 is 2.25 bits per heavy atom. The number of methoxy groups -OCH3 is 1. The number of benzene rings is 1. The Kier molecular flexibility index (Phi) is 4.64. The van der Waals surface area contributed by atoms with Crippen molar-refractivity contribution in [2.75, 3.05) is 13.7 Å². The van der Waals surface area contributed by atoms with Crippen LogP contribution >= 0.6 is 0 Å². The summed E-state index contributed by atoms with van der Waals surface area (Å²) in [4.78, 5) is 0. The zero-order valence-corrected chi connectivity index (χ0v) is 11.6. The maximum atomic E-state index is 5.78. The molecule has 0 radical (unpaired) electrons. The number of rotatable bonds is 4. The average Bonchev–Trinajstić information content (AvgIpc) is 2.89. The van der Waals surface area contributed by atoms with E-state index in [1.165, 1.54) is 0 Å². The van der Waals surface area contributed by atoms with E-state index in [1.807, 2.05) is 31.4 Å². The van der Waals surface area contributed by atoms with E-state index in [1.54, 1.807) is 18.0 Å². The van der Waals surface area contributed by atoms with E-state index in [9.17, 15) is 0 Å². The zero-order valence-electron chi connectivity index (χ0n) is 11.6. The molecule has 5 heteroatoms. The van der Waals surface area contributed by atoms with Gasteiger partial charge in [-0.3, -0.25) is 4.68 Å². The van der Waals surface area contributed by atoms with Crippen molar-refractivity contribution >= 4 is 0 Å². The number of aromatic nitrogens is 2. The van der Waals surface area contributed by atoms with Gasteiger partial charge in [-0.05, 0) is 18.2 Å². The van der Waals surface area contributed by atoms with Gasteiger partial charge in [-0.2, -0.15) is 5.10 Å². The maximum Gasteiger partial charge on any atom is 0.135 e. The second-order valence-electron chi connectivity index (χ2n) is 4.18. The lowest BCUT2D eigenvalue weighted by molar-refractivity contribution is 0.304. The number of hydrogen-bond acceptors (Lipinski definition) is 4. The highest BCUT2D eigenvalue weighted by Gasteiger charge is 2.05. The van der Waals surface area contributed by atoms with Gasteiger partial charge in [-0.15, -0.1) is 0 Å². The Hall–Kier alpha value is -2.45. The highest BCUT2D eigenvalue weighted by atomic mass is 16.5. The van der Waals surface area contributed by atoms with Crippen molar-refractivity contribution in [3.8, 4) is 23.3 Å². The summed E-state index contributed by atoms with van der Waals surface area (Å²) in [6, 6.07) is 5.52. The molecule has 5 nitrogen and oxygen atoms in total. The number of hydrogen-bond donors (Lipinski definition) is 1. The second kappa shape index (κ2) is 6.64. The minimum absolute atomic E-state index is 0.305. The summed E-state index contributed by atoms with van der Waals surface area (Å²) >= 11 is 0. The molecule has 0 aliphatic heterocycles. The van der Waals surface area contributed by atoms with Crippen molar-refractivity contribution in [3.05, 3.63) is 41.7 Å². The van der Waals surface area contributed by atoms with Gasteiger partial charge < -0.3 is 15.2 Å².